The summed E-state index contributed by atoms with van der Waals surface area (Å²) in [6, 6.07) is 6.17. The quantitative estimate of drug-likeness (QED) is 0.631. The van der Waals surface area contributed by atoms with E-state index in [1.165, 1.54) is 45.4 Å². The fourth-order valence-corrected chi connectivity index (χ4v) is 5.67. The highest BCUT2D eigenvalue weighted by molar-refractivity contribution is 5.69. The molecule has 1 aromatic rings. The van der Waals surface area contributed by atoms with Crippen molar-refractivity contribution in [3.8, 4) is 5.75 Å². The molecule has 3 aliphatic rings. The molecule has 0 amide bonds. The molecule has 1 saturated carbocycles. The molecule has 0 bridgehead atoms. The summed E-state index contributed by atoms with van der Waals surface area (Å²) in [4.78, 5) is 11.6. The van der Waals surface area contributed by atoms with E-state index in [1.54, 1.807) is 12.4 Å². The van der Waals surface area contributed by atoms with Crippen molar-refractivity contribution in [2.75, 3.05) is 45.3 Å². The van der Waals surface area contributed by atoms with Crippen LogP contribution < -0.4 is 10.1 Å². The molecule has 2 aliphatic heterocycles. The Kier molecular flexibility index (Phi) is 7.23. The van der Waals surface area contributed by atoms with Crippen LogP contribution in [0.1, 0.15) is 45.4 Å². The van der Waals surface area contributed by atoms with Crippen molar-refractivity contribution in [1.82, 2.24) is 4.90 Å². The number of nitrogens with zero attached hydrogens (tertiary/aromatic N) is 4. The van der Waals surface area contributed by atoms with Crippen LogP contribution in [0.4, 0.5) is 10.1 Å². The summed E-state index contributed by atoms with van der Waals surface area (Å²) in [5.74, 6) is 0.658. The predicted octanol–water partition coefficient (Wildman–Crippen LogP) is 4.13. The predicted molar refractivity (Wildman–Crippen MR) is 124 cm³/mol. The standard InChI is InChI=1S/C24H37FN5O/c1-3-29-12-4-5-22(29)15-30(17-26-16-27-18-30)14-19-6-8-20(9-7-19)28-21-10-11-24(31-2)23(25)13-21/h10-11,13,16-17,19-20,22,28H,3-9,12,14-15,18H2,1-2H3/q+1. The maximum absolute atomic E-state index is 14.0. The van der Waals surface area contributed by atoms with Crippen molar-refractivity contribution in [2.24, 2.45) is 15.9 Å². The van der Waals surface area contributed by atoms with Crippen LogP contribution in [0, 0.1) is 11.7 Å². The van der Waals surface area contributed by atoms with E-state index >= 15 is 0 Å². The van der Waals surface area contributed by atoms with E-state index in [1.807, 2.05) is 6.07 Å². The van der Waals surface area contributed by atoms with E-state index < -0.39 is 0 Å². The van der Waals surface area contributed by atoms with Crippen LogP contribution in [0.15, 0.2) is 28.2 Å². The molecule has 7 heteroatoms. The van der Waals surface area contributed by atoms with Crippen LogP contribution in [-0.4, -0.2) is 74.1 Å². The Morgan fingerprint density at radius 1 is 1.19 bits per heavy atom. The van der Waals surface area contributed by atoms with Crippen molar-refractivity contribution in [1.29, 1.82) is 0 Å². The summed E-state index contributed by atoms with van der Waals surface area (Å²) in [6.45, 7) is 7.70. The van der Waals surface area contributed by atoms with Crippen molar-refractivity contribution in [2.45, 2.75) is 57.5 Å². The number of likely N-dealkylation sites (N-methyl/N-ethyl adjacent to an activating group) is 1. The zero-order valence-corrected chi connectivity index (χ0v) is 19.0. The molecule has 0 spiro atoms. The number of aliphatic imine (C=N–C) groups is 2. The molecule has 1 aromatic carbocycles. The highest BCUT2D eigenvalue weighted by Crippen LogP contribution is 2.31. The van der Waals surface area contributed by atoms with E-state index in [2.05, 4.69) is 33.5 Å². The minimum atomic E-state index is -0.314. The van der Waals surface area contributed by atoms with Gasteiger partial charge in [0.25, 0.3) is 0 Å². The van der Waals surface area contributed by atoms with Crippen molar-refractivity contribution < 1.29 is 13.6 Å². The normalized spacial score (nSPS) is 31.1. The molecule has 170 valence electrons. The Labute approximate surface area is 185 Å². The molecule has 2 atom stereocenters. The summed E-state index contributed by atoms with van der Waals surface area (Å²) in [5.41, 5.74) is 0.837. The van der Waals surface area contributed by atoms with Gasteiger partial charge in [0, 0.05) is 23.7 Å². The van der Waals surface area contributed by atoms with Gasteiger partial charge in [0.2, 0.25) is 0 Å². The van der Waals surface area contributed by atoms with E-state index in [0.717, 1.165) is 49.3 Å². The van der Waals surface area contributed by atoms with Gasteiger partial charge in [0.15, 0.2) is 24.6 Å². The van der Waals surface area contributed by atoms with Gasteiger partial charge < -0.3 is 10.1 Å². The Morgan fingerprint density at radius 2 is 2.03 bits per heavy atom. The van der Waals surface area contributed by atoms with E-state index in [9.17, 15) is 4.39 Å². The largest absolute Gasteiger partial charge is 0.494 e. The second-order valence-electron chi connectivity index (χ2n) is 9.42. The minimum Gasteiger partial charge on any atom is -0.494 e. The Balaban J connectivity index is 1.32. The summed E-state index contributed by atoms with van der Waals surface area (Å²) in [7, 11) is 1.49. The molecule has 31 heavy (non-hydrogen) atoms. The van der Waals surface area contributed by atoms with Gasteiger partial charge in [-0.15, -0.1) is 0 Å². The smallest absolute Gasteiger partial charge is 0.192 e. The van der Waals surface area contributed by atoms with Crippen molar-refractivity contribution in [3.63, 3.8) is 0 Å². The lowest BCUT2D eigenvalue weighted by Crippen LogP contribution is -2.57. The highest BCUT2D eigenvalue weighted by Gasteiger charge is 2.38. The average molecular weight is 431 g/mol. The van der Waals surface area contributed by atoms with Gasteiger partial charge in [-0.1, -0.05) is 6.92 Å². The topological polar surface area (TPSA) is 49.2 Å². The van der Waals surface area contributed by atoms with Gasteiger partial charge in [-0.3, -0.25) is 9.38 Å². The third kappa shape index (κ3) is 5.44. The molecule has 0 aromatic heterocycles. The lowest BCUT2D eigenvalue weighted by molar-refractivity contribution is -0.841. The summed E-state index contributed by atoms with van der Waals surface area (Å²) in [6.07, 6.45) is 11.1. The maximum Gasteiger partial charge on any atom is 0.192 e. The zero-order valence-electron chi connectivity index (χ0n) is 19.0. The number of hydrogen-bond donors (Lipinski definition) is 1. The number of halogens is 1. The van der Waals surface area contributed by atoms with E-state index in [4.69, 9.17) is 4.74 Å². The molecular weight excluding hydrogens is 393 g/mol. The third-order valence-corrected chi connectivity index (χ3v) is 7.29. The first-order valence-corrected chi connectivity index (χ1v) is 11.8. The summed E-state index contributed by atoms with van der Waals surface area (Å²) < 4.78 is 19.9. The zero-order chi connectivity index (χ0) is 21.7. The lowest BCUT2D eigenvalue weighted by Gasteiger charge is -2.41. The molecule has 2 fully saturated rings. The number of benzene rings is 1. The lowest BCUT2D eigenvalue weighted by atomic mass is 9.85. The molecule has 0 radical (unpaired) electrons. The molecule has 6 nitrogen and oxygen atoms in total. The Hall–Kier alpha value is -1.99. The number of nitrogens with one attached hydrogen (secondary N) is 1. The molecule has 4 rings (SSSR count). The maximum atomic E-state index is 14.0. The number of hydrogen-bond acceptors (Lipinski definition) is 5. The number of anilines is 1. The van der Waals surface area contributed by atoms with Gasteiger partial charge in [0.1, 0.15) is 12.9 Å². The van der Waals surface area contributed by atoms with Crippen LogP contribution >= 0.6 is 0 Å². The molecular formula is C24H37FN5O+. The fraction of sp³-hybridized carbons (Fsp3) is 0.667. The van der Waals surface area contributed by atoms with Gasteiger partial charge >= 0.3 is 0 Å². The van der Waals surface area contributed by atoms with Crippen LogP contribution in [-0.2, 0) is 0 Å². The van der Waals surface area contributed by atoms with Crippen molar-refractivity contribution >= 4 is 18.4 Å². The molecule has 2 unspecified atom stereocenters. The molecule has 1 N–H and O–H groups in total. The van der Waals surface area contributed by atoms with Gasteiger partial charge in [-0.2, -0.15) is 4.99 Å². The Morgan fingerprint density at radius 3 is 2.71 bits per heavy atom. The third-order valence-electron chi connectivity index (χ3n) is 7.29. The van der Waals surface area contributed by atoms with E-state index in [0.29, 0.717) is 18.0 Å². The van der Waals surface area contributed by atoms with Gasteiger partial charge in [-0.25, -0.2) is 9.38 Å². The molecule has 1 saturated heterocycles. The number of methoxy groups -OCH3 is 1. The number of rotatable bonds is 8. The first-order chi connectivity index (χ1) is 15.1. The summed E-state index contributed by atoms with van der Waals surface area (Å²) in [5, 5.41) is 3.52. The average Bonchev–Trinajstić information content (AvgIpc) is 3.22. The fourth-order valence-electron chi connectivity index (χ4n) is 5.67. The monoisotopic (exact) mass is 430 g/mol. The van der Waals surface area contributed by atoms with E-state index in [-0.39, 0.29) is 11.6 Å². The second kappa shape index (κ2) is 10.1. The first-order valence-electron chi connectivity index (χ1n) is 11.8. The van der Waals surface area contributed by atoms with Crippen LogP contribution in [0.2, 0.25) is 0 Å². The van der Waals surface area contributed by atoms with Crippen molar-refractivity contribution in [3.05, 3.63) is 24.0 Å². The number of likely N-dealkylation sites (tertiary alicyclic amines) is 1. The van der Waals surface area contributed by atoms with Crippen LogP contribution in [0.25, 0.3) is 0 Å². The van der Waals surface area contributed by atoms with Gasteiger partial charge in [-0.05, 0) is 63.7 Å². The Bertz CT molecular complexity index is 792. The SMILES string of the molecule is CCN1CCCC1C[N+]1(CC2CCC(Nc3ccc(OC)c(F)c3)CC2)C=NC=NC1. The van der Waals surface area contributed by atoms with Crippen LogP contribution in [0.3, 0.4) is 0 Å². The van der Waals surface area contributed by atoms with Crippen LogP contribution in [0.5, 0.6) is 5.75 Å². The molecule has 2 heterocycles. The summed E-state index contributed by atoms with van der Waals surface area (Å²) >= 11 is 0. The first kappa shape index (κ1) is 22.2. The highest BCUT2D eigenvalue weighted by atomic mass is 19.1. The van der Waals surface area contributed by atoms with Gasteiger partial charge in [0.05, 0.1) is 19.7 Å². The second-order valence-corrected chi connectivity index (χ2v) is 9.42. The number of ether oxygens (including phenoxy) is 1. The number of quaternary nitrogens is 1. The molecule has 1 aliphatic carbocycles. The minimum absolute atomic E-state index is 0.290.